The van der Waals surface area contributed by atoms with Crippen LogP contribution in [0.25, 0.3) is 0 Å². The van der Waals surface area contributed by atoms with E-state index in [2.05, 4.69) is 17.3 Å². The van der Waals surface area contributed by atoms with Crippen molar-refractivity contribution in [3.05, 3.63) is 0 Å². The third-order valence-electron chi connectivity index (χ3n) is 4.23. The summed E-state index contributed by atoms with van der Waals surface area (Å²) in [5.41, 5.74) is 0. The molecule has 2 rings (SSSR count). The van der Waals surface area contributed by atoms with Crippen LogP contribution in [0.15, 0.2) is 0 Å². The maximum Gasteiger partial charge on any atom is 0.0588 e. The molecule has 0 amide bonds. The zero-order valence-corrected chi connectivity index (χ0v) is 11.3. The van der Waals surface area contributed by atoms with Gasteiger partial charge in [0.25, 0.3) is 0 Å². The summed E-state index contributed by atoms with van der Waals surface area (Å²) < 4.78 is 5.66. The molecule has 2 heterocycles. The van der Waals surface area contributed by atoms with Crippen LogP contribution in [0.3, 0.4) is 0 Å². The van der Waals surface area contributed by atoms with Gasteiger partial charge in [-0.2, -0.15) is 0 Å². The molecule has 0 saturated carbocycles. The molecule has 3 nitrogen and oxygen atoms in total. The molecule has 0 spiro atoms. The Morgan fingerprint density at radius 1 is 1.12 bits per heavy atom. The minimum Gasteiger partial charge on any atom is -0.378 e. The second kappa shape index (κ2) is 7.34. The first-order valence-electron chi connectivity index (χ1n) is 7.35. The van der Waals surface area contributed by atoms with E-state index in [1.54, 1.807) is 0 Å². The molecule has 0 bridgehead atoms. The lowest BCUT2D eigenvalue weighted by Crippen LogP contribution is -2.31. The quantitative estimate of drug-likeness (QED) is 0.767. The largest absolute Gasteiger partial charge is 0.378 e. The Bertz CT molecular complexity index is 198. The zero-order valence-electron chi connectivity index (χ0n) is 11.3. The molecular formula is C14H28N2O. The summed E-state index contributed by atoms with van der Waals surface area (Å²) in [6.07, 6.45) is 8.45. The molecule has 0 aromatic heterocycles. The van der Waals surface area contributed by atoms with Gasteiger partial charge in [0.05, 0.1) is 6.10 Å². The number of nitrogens with zero attached hydrogens (tertiary/aromatic N) is 1. The van der Waals surface area contributed by atoms with Crippen LogP contribution in [-0.2, 0) is 4.74 Å². The number of ether oxygens (including phenoxy) is 1. The Kier molecular flexibility index (Phi) is 5.75. The van der Waals surface area contributed by atoms with E-state index in [0.717, 1.165) is 12.5 Å². The number of nitrogens with one attached hydrogen (secondary N) is 1. The van der Waals surface area contributed by atoms with Gasteiger partial charge >= 0.3 is 0 Å². The van der Waals surface area contributed by atoms with Gasteiger partial charge in [-0.3, -0.25) is 0 Å². The van der Waals surface area contributed by atoms with E-state index in [0.29, 0.717) is 6.10 Å². The molecule has 1 N–H and O–H groups in total. The smallest absolute Gasteiger partial charge is 0.0588 e. The van der Waals surface area contributed by atoms with Gasteiger partial charge in [-0.05, 0) is 71.1 Å². The highest BCUT2D eigenvalue weighted by Crippen LogP contribution is 2.17. The maximum atomic E-state index is 5.66. The van der Waals surface area contributed by atoms with Crippen LogP contribution in [0.4, 0.5) is 0 Å². The van der Waals surface area contributed by atoms with E-state index in [-0.39, 0.29) is 0 Å². The molecule has 0 radical (unpaired) electrons. The molecule has 0 aromatic rings. The number of rotatable bonds is 6. The molecule has 2 fully saturated rings. The van der Waals surface area contributed by atoms with E-state index in [9.17, 15) is 0 Å². The second-order valence-corrected chi connectivity index (χ2v) is 5.71. The van der Waals surface area contributed by atoms with Gasteiger partial charge in [0.1, 0.15) is 0 Å². The van der Waals surface area contributed by atoms with Crippen LogP contribution in [-0.4, -0.2) is 50.8 Å². The molecule has 2 aliphatic rings. The highest BCUT2D eigenvalue weighted by atomic mass is 16.5. The Labute approximate surface area is 106 Å². The summed E-state index contributed by atoms with van der Waals surface area (Å²) in [5.74, 6) is 0.960. The van der Waals surface area contributed by atoms with E-state index >= 15 is 0 Å². The lowest BCUT2D eigenvalue weighted by atomic mass is 9.94. The van der Waals surface area contributed by atoms with E-state index in [1.165, 1.54) is 64.7 Å². The van der Waals surface area contributed by atoms with Crippen LogP contribution in [0.5, 0.6) is 0 Å². The van der Waals surface area contributed by atoms with Crippen molar-refractivity contribution in [3.63, 3.8) is 0 Å². The van der Waals surface area contributed by atoms with Crippen molar-refractivity contribution in [2.24, 2.45) is 5.92 Å². The fourth-order valence-electron chi connectivity index (χ4n) is 2.92. The number of hydrogen-bond acceptors (Lipinski definition) is 3. The summed E-state index contributed by atoms with van der Waals surface area (Å²) in [4.78, 5) is 2.49. The fourth-order valence-corrected chi connectivity index (χ4v) is 2.92. The fraction of sp³-hybridized carbons (Fsp3) is 1.00. The molecule has 0 aromatic carbocycles. The minimum atomic E-state index is 0.552. The van der Waals surface area contributed by atoms with Gasteiger partial charge in [-0.25, -0.2) is 0 Å². The predicted octanol–water partition coefficient (Wildman–Crippen LogP) is 1.88. The molecule has 1 unspecified atom stereocenters. The van der Waals surface area contributed by atoms with Crippen molar-refractivity contribution in [1.82, 2.24) is 10.2 Å². The van der Waals surface area contributed by atoms with E-state index < -0.39 is 0 Å². The summed E-state index contributed by atoms with van der Waals surface area (Å²) in [7, 11) is 2.26. The van der Waals surface area contributed by atoms with Gasteiger partial charge in [-0.15, -0.1) is 0 Å². The van der Waals surface area contributed by atoms with Crippen molar-refractivity contribution < 1.29 is 4.74 Å². The highest BCUT2D eigenvalue weighted by Gasteiger charge is 2.17. The normalized spacial score (nSPS) is 26.8. The molecular weight excluding hydrogens is 212 g/mol. The number of piperidine rings is 1. The summed E-state index contributed by atoms with van der Waals surface area (Å²) >= 11 is 0. The molecule has 1 atom stereocenters. The molecule has 100 valence electrons. The lowest BCUT2D eigenvalue weighted by molar-refractivity contribution is 0.0942. The van der Waals surface area contributed by atoms with Gasteiger partial charge in [-0.1, -0.05) is 0 Å². The topological polar surface area (TPSA) is 24.5 Å². The first kappa shape index (κ1) is 13.3. The standard InChI is InChI=1S/C14H28N2O/c1-16(11-7-14-3-2-12-17-14)10-6-13-4-8-15-9-5-13/h13-15H,2-12H2,1H3. The maximum absolute atomic E-state index is 5.66. The first-order chi connectivity index (χ1) is 8.34. The van der Waals surface area contributed by atoms with Gasteiger partial charge in [0, 0.05) is 13.2 Å². The minimum absolute atomic E-state index is 0.552. The van der Waals surface area contributed by atoms with Crippen LogP contribution < -0.4 is 5.32 Å². The average molecular weight is 240 g/mol. The lowest BCUT2D eigenvalue weighted by Gasteiger charge is -2.25. The first-order valence-corrected chi connectivity index (χ1v) is 7.35. The molecule has 2 aliphatic heterocycles. The third kappa shape index (κ3) is 4.94. The average Bonchev–Trinajstić information content (AvgIpc) is 2.88. The Hall–Kier alpha value is -0.120. The third-order valence-corrected chi connectivity index (χ3v) is 4.23. The summed E-state index contributed by atoms with van der Waals surface area (Å²) in [5, 5.41) is 3.43. The summed E-state index contributed by atoms with van der Waals surface area (Å²) in [6, 6.07) is 0. The molecule has 17 heavy (non-hydrogen) atoms. The van der Waals surface area contributed by atoms with Gasteiger partial charge in [0.2, 0.25) is 0 Å². The second-order valence-electron chi connectivity index (χ2n) is 5.71. The molecule has 0 aliphatic carbocycles. The SMILES string of the molecule is CN(CCC1CCNCC1)CCC1CCCO1. The van der Waals surface area contributed by atoms with Crippen molar-refractivity contribution in [3.8, 4) is 0 Å². The van der Waals surface area contributed by atoms with Crippen molar-refractivity contribution in [2.75, 3.05) is 39.8 Å². The van der Waals surface area contributed by atoms with Crippen LogP contribution >= 0.6 is 0 Å². The van der Waals surface area contributed by atoms with Crippen LogP contribution in [0, 0.1) is 5.92 Å². The number of hydrogen-bond donors (Lipinski definition) is 1. The molecule has 3 heteroatoms. The molecule has 2 saturated heterocycles. The monoisotopic (exact) mass is 240 g/mol. The van der Waals surface area contributed by atoms with Gasteiger partial charge < -0.3 is 15.0 Å². The van der Waals surface area contributed by atoms with Crippen LogP contribution in [0.2, 0.25) is 0 Å². The van der Waals surface area contributed by atoms with Gasteiger partial charge in [0.15, 0.2) is 0 Å². The zero-order chi connectivity index (χ0) is 11.9. The Morgan fingerprint density at radius 3 is 2.59 bits per heavy atom. The predicted molar refractivity (Wildman–Crippen MR) is 71.3 cm³/mol. The van der Waals surface area contributed by atoms with E-state index in [4.69, 9.17) is 4.74 Å². The van der Waals surface area contributed by atoms with Crippen molar-refractivity contribution in [1.29, 1.82) is 0 Å². The Balaban J connectivity index is 1.52. The summed E-state index contributed by atoms with van der Waals surface area (Å²) in [6.45, 7) is 5.91. The highest BCUT2D eigenvalue weighted by molar-refractivity contribution is 4.71. The van der Waals surface area contributed by atoms with Crippen LogP contribution in [0.1, 0.15) is 38.5 Å². The van der Waals surface area contributed by atoms with Crippen molar-refractivity contribution >= 4 is 0 Å². The Morgan fingerprint density at radius 2 is 1.88 bits per heavy atom. The van der Waals surface area contributed by atoms with Crippen molar-refractivity contribution in [2.45, 2.75) is 44.6 Å². The van der Waals surface area contributed by atoms with E-state index in [1.807, 2.05) is 0 Å².